The fraction of sp³-hybridized carbons (Fsp3) is 0.667. The number of nitrogens with one attached hydrogen (secondary N) is 1. The Balaban J connectivity index is 1.42. The summed E-state index contributed by atoms with van der Waals surface area (Å²) in [5.41, 5.74) is 0.334. The van der Waals surface area contributed by atoms with Gasteiger partial charge >= 0.3 is 0 Å². The molecule has 2 fully saturated rings. The molecule has 0 bridgehead atoms. The summed E-state index contributed by atoms with van der Waals surface area (Å²) in [6.45, 7) is 7.35. The third-order valence-corrected chi connectivity index (χ3v) is 4.85. The van der Waals surface area contributed by atoms with Crippen LogP contribution in [0.15, 0.2) is 18.6 Å². The summed E-state index contributed by atoms with van der Waals surface area (Å²) in [4.78, 5) is 36.7. The monoisotopic (exact) mass is 361 g/mol. The van der Waals surface area contributed by atoms with Crippen molar-refractivity contribution < 1.29 is 14.3 Å². The third kappa shape index (κ3) is 4.98. The van der Waals surface area contributed by atoms with Crippen LogP contribution in [0.2, 0.25) is 0 Å². The molecule has 3 rings (SSSR count). The number of carbonyl (C=O) groups is 2. The number of likely N-dealkylation sites (tertiary alicyclic amines) is 1. The lowest BCUT2D eigenvalue weighted by molar-refractivity contribution is -0.144. The van der Waals surface area contributed by atoms with E-state index in [2.05, 4.69) is 20.2 Å². The van der Waals surface area contributed by atoms with Gasteiger partial charge in [-0.15, -0.1) is 0 Å². The highest BCUT2D eigenvalue weighted by Gasteiger charge is 2.28. The van der Waals surface area contributed by atoms with Crippen LogP contribution in [0, 0.1) is 0 Å². The molecule has 0 aliphatic carbocycles. The van der Waals surface area contributed by atoms with E-state index in [-0.39, 0.29) is 30.1 Å². The second-order valence-corrected chi connectivity index (χ2v) is 7.17. The van der Waals surface area contributed by atoms with E-state index in [9.17, 15) is 9.59 Å². The maximum absolute atomic E-state index is 12.5. The minimum absolute atomic E-state index is 0.0877. The Labute approximate surface area is 153 Å². The molecule has 2 aliphatic rings. The summed E-state index contributed by atoms with van der Waals surface area (Å²) < 4.78 is 5.69. The highest BCUT2D eigenvalue weighted by molar-refractivity contribution is 5.92. The molecule has 1 N–H and O–H groups in total. The molecule has 2 saturated heterocycles. The first-order valence-corrected chi connectivity index (χ1v) is 9.23. The third-order valence-electron chi connectivity index (χ3n) is 4.85. The van der Waals surface area contributed by atoms with Crippen LogP contribution in [0.25, 0.3) is 0 Å². The van der Waals surface area contributed by atoms with Crippen molar-refractivity contribution >= 4 is 11.8 Å². The van der Waals surface area contributed by atoms with E-state index in [0.29, 0.717) is 25.3 Å². The predicted molar refractivity (Wildman–Crippen MR) is 95.5 cm³/mol. The van der Waals surface area contributed by atoms with Crippen LogP contribution in [0.3, 0.4) is 0 Å². The van der Waals surface area contributed by atoms with E-state index in [1.165, 1.54) is 12.4 Å². The molecule has 2 aliphatic heterocycles. The van der Waals surface area contributed by atoms with Gasteiger partial charge < -0.3 is 15.0 Å². The first-order valence-electron chi connectivity index (χ1n) is 9.23. The van der Waals surface area contributed by atoms with Crippen molar-refractivity contribution in [3.05, 3.63) is 24.3 Å². The molecule has 142 valence electrons. The summed E-state index contributed by atoms with van der Waals surface area (Å²) in [5.74, 6) is -0.0297. The Morgan fingerprint density at radius 2 is 1.88 bits per heavy atom. The van der Waals surface area contributed by atoms with Gasteiger partial charge in [0.15, 0.2) is 0 Å². The van der Waals surface area contributed by atoms with Gasteiger partial charge in [-0.1, -0.05) is 0 Å². The van der Waals surface area contributed by atoms with Gasteiger partial charge in [0.25, 0.3) is 5.91 Å². The maximum Gasteiger partial charge on any atom is 0.271 e. The average Bonchev–Trinajstić information content (AvgIpc) is 2.63. The first-order chi connectivity index (χ1) is 12.5. The van der Waals surface area contributed by atoms with E-state index in [4.69, 9.17) is 4.74 Å². The van der Waals surface area contributed by atoms with E-state index < -0.39 is 0 Å². The van der Waals surface area contributed by atoms with Crippen molar-refractivity contribution in [2.24, 2.45) is 0 Å². The Morgan fingerprint density at radius 3 is 2.50 bits per heavy atom. The quantitative estimate of drug-likeness (QED) is 0.830. The lowest BCUT2D eigenvalue weighted by Gasteiger charge is -2.37. The molecule has 3 heterocycles. The van der Waals surface area contributed by atoms with Crippen LogP contribution >= 0.6 is 0 Å². The molecular formula is C18H27N5O3. The first kappa shape index (κ1) is 18.7. The van der Waals surface area contributed by atoms with Crippen LogP contribution < -0.4 is 5.32 Å². The second kappa shape index (κ2) is 8.55. The van der Waals surface area contributed by atoms with Crippen LogP contribution in [0.4, 0.5) is 0 Å². The van der Waals surface area contributed by atoms with Gasteiger partial charge in [-0.3, -0.25) is 19.5 Å². The predicted octanol–water partition coefficient (Wildman–Crippen LogP) is 0.307. The summed E-state index contributed by atoms with van der Waals surface area (Å²) in [6.07, 6.45) is 6.35. The maximum atomic E-state index is 12.5. The molecule has 26 heavy (non-hydrogen) atoms. The number of hydrogen-bond donors (Lipinski definition) is 1. The normalized spacial score (nSPS) is 25.1. The zero-order chi connectivity index (χ0) is 18.5. The number of piperidine rings is 1. The topological polar surface area (TPSA) is 87.7 Å². The highest BCUT2D eigenvalue weighted by Crippen LogP contribution is 2.14. The van der Waals surface area contributed by atoms with Crippen LogP contribution in [0.5, 0.6) is 0 Å². The van der Waals surface area contributed by atoms with Gasteiger partial charge in [0, 0.05) is 44.6 Å². The molecule has 0 radical (unpaired) electrons. The largest absolute Gasteiger partial charge is 0.372 e. The number of rotatable bonds is 4. The number of carbonyl (C=O) groups excluding carboxylic acids is 2. The van der Waals surface area contributed by atoms with Gasteiger partial charge in [0.1, 0.15) is 5.69 Å². The van der Waals surface area contributed by atoms with Crippen molar-refractivity contribution in [3.8, 4) is 0 Å². The van der Waals surface area contributed by atoms with Crippen molar-refractivity contribution in [2.45, 2.75) is 44.9 Å². The lowest BCUT2D eigenvalue weighted by Crippen LogP contribution is -2.52. The zero-order valence-electron chi connectivity index (χ0n) is 15.4. The van der Waals surface area contributed by atoms with Crippen LogP contribution in [0.1, 0.15) is 37.2 Å². The van der Waals surface area contributed by atoms with Gasteiger partial charge in [-0.05, 0) is 26.7 Å². The van der Waals surface area contributed by atoms with Crippen LogP contribution in [-0.2, 0) is 9.53 Å². The minimum atomic E-state index is -0.191. The van der Waals surface area contributed by atoms with Crippen molar-refractivity contribution in [1.82, 2.24) is 25.1 Å². The SMILES string of the molecule is CC1CN(C(=O)CN2CCC(NC(=O)c3cnccn3)CC2)CC(C)O1. The lowest BCUT2D eigenvalue weighted by atomic mass is 10.0. The molecule has 2 amide bonds. The Bertz CT molecular complexity index is 609. The van der Waals surface area contributed by atoms with E-state index in [0.717, 1.165) is 25.9 Å². The highest BCUT2D eigenvalue weighted by atomic mass is 16.5. The summed E-state index contributed by atoms with van der Waals surface area (Å²) in [5, 5.41) is 3.00. The van der Waals surface area contributed by atoms with E-state index in [1.54, 1.807) is 6.20 Å². The minimum Gasteiger partial charge on any atom is -0.372 e. The second-order valence-electron chi connectivity index (χ2n) is 7.17. The van der Waals surface area contributed by atoms with Gasteiger partial charge in [0.05, 0.1) is 24.9 Å². The number of morpholine rings is 1. The van der Waals surface area contributed by atoms with Crippen molar-refractivity contribution in [1.29, 1.82) is 0 Å². The molecule has 1 aromatic heterocycles. The number of aromatic nitrogens is 2. The van der Waals surface area contributed by atoms with Gasteiger partial charge in [-0.2, -0.15) is 0 Å². The average molecular weight is 361 g/mol. The molecule has 0 saturated carbocycles. The fourth-order valence-corrected chi connectivity index (χ4v) is 3.58. The standard InChI is InChI=1S/C18H27N5O3/c1-13-10-23(11-14(2)26-13)17(24)12-22-7-3-15(4-8-22)21-18(25)16-9-19-5-6-20-16/h5-6,9,13-15H,3-4,7-8,10-12H2,1-2H3,(H,21,25). The van der Waals surface area contributed by atoms with Crippen molar-refractivity contribution in [2.75, 3.05) is 32.7 Å². The van der Waals surface area contributed by atoms with Gasteiger partial charge in [-0.25, -0.2) is 4.98 Å². The molecule has 8 heteroatoms. The smallest absolute Gasteiger partial charge is 0.271 e. The van der Waals surface area contributed by atoms with E-state index >= 15 is 0 Å². The molecular weight excluding hydrogens is 334 g/mol. The Hall–Kier alpha value is -2.06. The molecule has 2 atom stereocenters. The van der Waals surface area contributed by atoms with Gasteiger partial charge in [0.2, 0.25) is 5.91 Å². The van der Waals surface area contributed by atoms with Crippen molar-refractivity contribution in [3.63, 3.8) is 0 Å². The summed E-state index contributed by atoms with van der Waals surface area (Å²) in [6, 6.07) is 0.110. The summed E-state index contributed by atoms with van der Waals surface area (Å²) in [7, 11) is 0. The number of nitrogens with zero attached hydrogens (tertiary/aromatic N) is 4. The molecule has 0 spiro atoms. The Kier molecular flexibility index (Phi) is 6.16. The Morgan fingerprint density at radius 1 is 1.19 bits per heavy atom. The number of amides is 2. The van der Waals surface area contributed by atoms with E-state index in [1.807, 2.05) is 18.7 Å². The number of ether oxygens (including phenoxy) is 1. The van der Waals surface area contributed by atoms with Crippen LogP contribution in [-0.4, -0.2) is 82.6 Å². The molecule has 2 unspecified atom stereocenters. The molecule has 1 aromatic rings. The molecule has 8 nitrogen and oxygen atoms in total. The fourth-order valence-electron chi connectivity index (χ4n) is 3.58. The zero-order valence-corrected chi connectivity index (χ0v) is 15.4. The number of hydrogen-bond acceptors (Lipinski definition) is 6. The summed E-state index contributed by atoms with van der Waals surface area (Å²) >= 11 is 0. The molecule has 0 aromatic carbocycles.